The number of nitrogens with one attached hydrogen (secondary N) is 3. The molecule has 8 heteroatoms. The molecule has 0 atom stereocenters. The third kappa shape index (κ3) is 7.34. The van der Waals surface area contributed by atoms with Crippen LogP contribution < -0.4 is 16.0 Å². The first-order valence-electron chi connectivity index (χ1n) is 6.22. The van der Waals surface area contributed by atoms with E-state index in [4.69, 9.17) is 5.11 Å². The molecule has 0 aromatic carbocycles. The van der Waals surface area contributed by atoms with E-state index in [0.717, 1.165) is 0 Å². The summed E-state index contributed by atoms with van der Waals surface area (Å²) in [6.07, 6.45) is 0.637. The lowest BCUT2D eigenvalue weighted by Gasteiger charge is -2.21. The summed E-state index contributed by atoms with van der Waals surface area (Å²) in [5, 5.41) is 15.2. The lowest BCUT2D eigenvalue weighted by Crippen LogP contribution is -2.45. The Hall–Kier alpha value is -2.12. The molecule has 0 saturated heterocycles. The van der Waals surface area contributed by atoms with Gasteiger partial charge in [-0.2, -0.15) is 0 Å². The largest absolute Gasteiger partial charge is 0.480 e. The van der Waals surface area contributed by atoms with Crippen LogP contribution in [0.2, 0.25) is 0 Å². The van der Waals surface area contributed by atoms with E-state index in [-0.39, 0.29) is 19.0 Å². The summed E-state index contributed by atoms with van der Waals surface area (Å²) in [6.45, 7) is 4.33. The molecule has 20 heavy (non-hydrogen) atoms. The van der Waals surface area contributed by atoms with Gasteiger partial charge in [-0.15, -0.1) is 0 Å². The minimum Gasteiger partial charge on any atom is -0.480 e. The Kier molecular flexibility index (Phi) is 7.27. The quantitative estimate of drug-likeness (QED) is 0.449. The summed E-state index contributed by atoms with van der Waals surface area (Å²) >= 11 is 0. The molecular formula is C12H21N3O5. The van der Waals surface area contributed by atoms with Crippen molar-refractivity contribution >= 4 is 23.7 Å². The molecule has 0 unspecified atom stereocenters. The Morgan fingerprint density at radius 1 is 0.900 bits per heavy atom. The van der Waals surface area contributed by atoms with E-state index in [0.29, 0.717) is 6.42 Å². The van der Waals surface area contributed by atoms with Gasteiger partial charge in [-0.05, 0) is 6.42 Å². The van der Waals surface area contributed by atoms with Crippen LogP contribution >= 0.6 is 0 Å². The van der Waals surface area contributed by atoms with E-state index >= 15 is 0 Å². The van der Waals surface area contributed by atoms with Gasteiger partial charge in [0.2, 0.25) is 17.7 Å². The minimum atomic E-state index is -1.17. The number of carbonyl (C=O) groups excluding carboxylic acids is 3. The number of hydrogen-bond donors (Lipinski definition) is 4. The van der Waals surface area contributed by atoms with Crippen LogP contribution in [-0.2, 0) is 19.2 Å². The number of rotatable bonds is 8. The first kappa shape index (κ1) is 17.9. The number of carboxylic acids is 1. The maximum atomic E-state index is 11.7. The smallest absolute Gasteiger partial charge is 0.322 e. The lowest BCUT2D eigenvalue weighted by molar-refractivity contribution is -0.138. The molecular weight excluding hydrogens is 266 g/mol. The zero-order valence-electron chi connectivity index (χ0n) is 11.9. The van der Waals surface area contributed by atoms with Crippen molar-refractivity contribution in [3.63, 3.8) is 0 Å². The van der Waals surface area contributed by atoms with Gasteiger partial charge in [-0.3, -0.25) is 19.2 Å². The van der Waals surface area contributed by atoms with Gasteiger partial charge in [0.1, 0.15) is 6.54 Å². The summed E-state index contributed by atoms with van der Waals surface area (Å²) in [7, 11) is 0. The summed E-state index contributed by atoms with van der Waals surface area (Å²) in [5.41, 5.74) is -0.556. The molecule has 0 rings (SSSR count). The van der Waals surface area contributed by atoms with Crippen molar-refractivity contribution in [3.05, 3.63) is 0 Å². The third-order valence-corrected chi connectivity index (χ3v) is 2.79. The molecule has 0 aliphatic rings. The van der Waals surface area contributed by atoms with Crippen LogP contribution in [0.3, 0.4) is 0 Å². The van der Waals surface area contributed by atoms with Crippen molar-refractivity contribution in [1.29, 1.82) is 0 Å². The molecule has 8 nitrogen and oxygen atoms in total. The normalized spacial score (nSPS) is 10.6. The Morgan fingerprint density at radius 2 is 1.35 bits per heavy atom. The molecule has 0 spiro atoms. The molecule has 0 aliphatic heterocycles. The fraction of sp³-hybridized carbons (Fsp3) is 0.667. The Balaban J connectivity index is 3.93. The van der Waals surface area contributed by atoms with E-state index in [9.17, 15) is 19.2 Å². The van der Waals surface area contributed by atoms with Gasteiger partial charge in [0.05, 0.1) is 13.1 Å². The average molecular weight is 287 g/mol. The van der Waals surface area contributed by atoms with Crippen molar-refractivity contribution in [3.8, 4) is 0 Å². The first-order valence-corrected chi connectivity index (χ1v) is 6.22. The standard InChI is InChI=1S/C12H21N3O5/c1-4-12(2,3)11(20)15-6-9(17)13-5-8(16)14-7-10(18)19/h4-7H2,1-3H3,(H,13,17)(H,14,16)(H,15,20)(H,18,19). The fourth-order valence-corrected chi connectivity index (χ4v) is 1.04. The zero-order chi connectivity index (χ0) is 15.8. The topological polar surface area (TPSA) is 125 Å². The van der Waals surface area contributed by atoms with Crippen molar-refractivity contribution < 1.29 is 24.3 Å². The van der Waals surface area contributed by atoms with Crippen molar-refractivity contribution in [2.45, 2.75) is 27.2 Å². The molecule has 0 heterocycles. The average Bonchev–Trinajstić information content (AvgIpc) is 2.39. The molecule has 3 amide bonds. The van der Waals surface area contributed by atoms with Crippen LogP contribution in [0.1, 0.15) is 27.2 Å². The predicted molar refractivity (Wildman–Crippen MR) is 70.7 cm³/mol. The number of hydrogen-bond acceptors (Lipinski definition) is 4. The summed E-state index contributed by atoms with van der Waals surface area (Å²) in [5.74, 6) is -2.54. The molecule has 0 aromatic heterocycles. The maximum Gasteiger partial charge on any atom is 0.322 e. The third-order valence-electron chi connectivity index (χ3n) is 2.79. The van der Waals surface area contributed by atoms with Gasteiger partial charge in [-0.1, -0.05) is 20.8 Å². The van der Waals surface area contributed by atoms with Crippen LogP contribution in [0.25, 0.3) is 0 Å². The second kappa shape index (κ2) is 8.13. The summed E-state index contributed by atoms with van der Waals surface area (Å²) in [6, 6.07) is 0. The van der Waals surface area contributed by atoms with Crippen molar-refractivity contribution in [2.24, 2.45) is 5.41 Å². The molecule has 0 fully saturated rings. The summed E-state index contributed by atoms with van der Waals surface area (Å²) in [4.78, 5) is 44.4. The number of amides is 3. The first-order chi connectivity index (χ1) is 9.19. The van der Waals surface area contributed by atoms with Crippen LogP contribution in [0.4, 0.5) is 0 Å². The van der Waals surface area contributed by atoms with E-state index < -0.39 is 29.7 Å². The molecule has 4 N–H and O–H groups in total. The number of aliphatic carboxylic acids is 1. The molecule has 114 valence electrons. The van der Waals surface area contributed by atoms with E-state index in [2.05, 4.69) is 16.0 Å². The van der Waals surface area contributed by atoms with Gasteiger partial charge in [0.25, 0.3) is 0 Å². The van der Waals surface area contributed by atoms with Crippen LogP contribution in [0.5, 0.6) is 0 Å². The Morgan fingerprint density at radius 3 is 1.80 bits per heavy atom. The van der Waals surface area contributed by atoms with Crippen LogP contribution in [-0.4, -0.2) is 48.4 Å². The van der Waals surface area contributed by atoms with E-state index in [1.54, 1.807) is 13.8 Å². The van der Waals surface area contributed by atoms with Crippen molar-refractivity contribution in [2.75, 3.05) is 19.6 Å². The number of carboxylic acid groups (broad SMARTS) is 1. The highest BCUT2D eigenvalue weighted by Crippen LogP contribution is 2.18. The van der Waals surface area contributed by atoms with Gasteiger partial charge in [0.15, 0.2) is 0 Å². The van der Waals surface area contributed by atoms with Crippen LogP contribution in [0.15, 0.2) is 0 Å². The Bertz CT molecular complexity index is 393. The molecule has 0 aromatic rings. The molecule has 0 saturated carbocycles. The van der Waals surface area contributed by atoms with Gasteiger partial charge in [-0.25, -0.2) is 0 Å². The van der Waals surface area contributed by atoms with Gasteiger partial charge < -0.3 is 21.1 Å². The fourth-order valence-electron chi connectivity index (χ4n) is 1.04. The second-order valence-corrected chi connectivity index (χ2v) is 4.87. The van der Waals surface area contributed by atoms with Crippen molar-refractivity contribution in [1.82, 2.24) is 16.0 Å². The zero-order valence-corrected chi connectivity index (χ0v) is 11.9. The SMILES string of the molecule is CCC(C)(C)C(=O)NCC(=O)NCC(=O)NCC(=O)O. The van der Waals surface area contributed by atoms with E-state index in [1.807, 2.05) is 6.92 Å². The monoisotopic (exact) mass is 287 g/mol. The minimum absolute atomic E-state index is 0.228. The molecule has 0 radical (unpaired) electrons. The highest BCUT2D eigenvalue weighted by atomic mass is 16.4. The van der Waals surface area contributed by atoms with E-state index in [1.165, 1.54) is 0 Å². The highest BCUT2D eigenvalue weighted by molar-refractivity contribution is 5.90. The van der Waals surface area contributed by atoms with Crippen LogP contribution in [0, 0.1) is 5.41 Å². The Labute approximate surface area is 117 Å². The molecule has 0 aliphatic carbocycles. The maximum absolute atomic E-state index is 11.7. The van der Waals surface area contributed by atoms with Gasteiger partial charge >= 0.3 is 5.97 Å². The summed E-state index contributed by atoms with van der Waals surface area (Å²) < 4.78 is 0. The highest BCUT2D eigenvalue weighted by Gasteiger charge is 2.25. The molecule has 0 bridgehead atoms. The predicted octanol–water partition coefficient (Wildman–Crippen LogP) is -1.14. The number of carbonyl (C=O) groups is 4. The lowest BCUT2D eigenvalue weighted by atomic mass is 9.89. The van der Waals surface area contributed by atoms with Gasteiger partial charge in [0, 0.05) is 5.41 Å². The second-order valence-electron chi connectivity index (χ2n) is 4.87.